The second kappa shape index (κ2) is 8.31. The van der Waals surface area contributed by atoms with Crippen LogP contribution in [-0.2, 0) is 4.79 Å². The average molecular weight is 335 g/mol. The molecule has 0 aliphatic carbocycles. The Balaban J connectivity index is 2.20. The summed E-state index contributed by atoms with van der Waals surface area (Å²) in [7, 11) is 3.05. The largest absolute Gasteiger partial charge is 0.495 e. The first-order valence-corrected chi connectivity index (χ1v) is 7.47. The highest BCUT2D eigenvalue weighted by Crippen LogP contribution is 2.23. The Hall–Kier alpha value is -3.59. The number of nitriles is 1. The molecule has 0 fully saturated rings. The first-order chi connectivity index (χ1) is 12.1. The van der Waals surface area contributed by atoms with Gasteiger partial charge in [-0.25, -0.2) is 0 Å². The van der Waals surface area contributed by atoms with Crippen molar-refractivity contribution >= 4 is 23.6 Å². The Morgan fingerprint density at radius 2 is 1.80 bits per heavy atom. The Morgan fingerprint density at radius 1 is 1.12 bits per heavy atom. The maximum atomic E-state index is 12.3. The topological polar surface area (TPSA) is 91.2 Å². The van der Waals surface area contributed by atoms with E-state index in [1.807, 2.05) is 6.07 Å². The third-order valence-corrected chi connectivity index (χ3v) is 3.43. The van der Waals surface area contributed by atoms with Crippen molar-refractivity contribution in [1.82, 2.24) is 5.32 Å². The van der Waals surface area contributed by atoms with E-state index in [2.05, 4.69) is 10.6 Å². The SMILES string of the molecule is CNC(=O)c1ccc(/C=C(/C#N)C(=O)Nc2ccccc2OC)cc1. The lowest BCUT2D eigenvalue weighted by Gasteiger charge is -2.09. The lowest BCUT2D eigenvalue weighted by Crippen LogP contribution is -2.17. The number of hydrogen-bond acceptors (Lipinski definition) is 4. The number of nitrogens with zero attached hydrogens (tertiary/aromatic N) is 1. The Kier molecular flexibility index (Phi) is 5.91. The van der Waals surface area contributed by atoms with Gasteiger partial charge < -0.3 is 15.4 Å². The minimum Gasteiger partial charge on any atom is -0.495 e. The molecule has 2 amide bonds. The number of nitrogens with one attached hydrogen (secondary N) is 2. The molecule has 0 radical (unpaired) electrons. The lowest BCUT2D eigenvalue weighted by molar-refractivity contribution is -0.112. The molecule has 2 aromatic rings. The number of ether oxygens (including phenoxy) is 1. The molecule has 0 heterocycles. The van der Waals surface area contributed by atoms with Crippen LogP contribution in [0.2, 0.25) is 0 Å². The molecule has 2 rings (SSSR count). The van der Waals surface area contributed by atoms with Gasteiger partial charge in [0.25, 0.3) is 11.8 Å². The summed E-state index contributed by atoms with van der Waals surface area (Å²) < 4.78 is 5.17. The van der Waals surface area contributed by atoms with E-state index in [4.69, 9.17) is 4.74 Å². The molecule has 0 bridgehead atoms. The van der Waals surface area contributed by atoms with Crippen molar-refractivity contribution in [2.45, 2.75) is 0 Å². The van der Waals surface area contributed by atoms with Gasteiger partial charge in [0.05, 0.1) is 12.8 Å². The molecule has 0 aromatic heterocycles. The van der Waals surface area contributed by atoms with E-state index in [0.29, 0.717) is 22.6 Å². The predicted octanol–water partition coefficient (Wildman–Crippen LogP) is 2.60. The van der Waals surface area contributed by atoms with Crippen LogP contribution < -0.4 is 15.4 Å². The number of carbonyl (C=O) groups is 2. The standard InChI is InChI=1S/C19H17N3O3/c1-21-18(23)14-9-7-13(8-10-14)11-15(12-20)19(24)22-16-5-3-4-6-17(16)25-2/h3-11H,1-2H3,(H,21,23)(H,22,24)/b15-11-. The van der Waals surface area contributed by atoms with Gasteiger partial charge in [0.2, 0.25) is 0 Å². The van der Waals surface area contributed by atoms with Crippen LogP contribution in [-0.4, -0.2) is 26.0 Å². The summed E-state index contributed by atoms with van der Waals surface area (Å²) >= 11 is 0. The number of rotatable bonds is 5. The summed E-state index contributed by atoms with van der Waals surface area (Å²) in [4.78, 5) is 23.8. The molecule has 25 heavy (non-hydrogen) atoms. The quantitative estimate of drug-likeness (QED) is 0.649. The van der Waals surface area contributed by atoms with Crippen LogP contribution in [0.15, 0.2) is 54.1 Å². The highest BCUT2D eigenvalue weighted by atomic mass is 16.5. The van der Waals surface area contributed by atoms with Crippen molar-refractivity contribution in [1.29, 1.82) is 5.26 Å². The highest BCUT2D eigenvalue weighted by molar-refractivity contribution is 6.10. The summed E-state index contributed by atoms with van der Waals surface area (Å²) in [6, 6.07) is 15.4. The maximum Gasteiger partial charge on any atom is 0.266 e. The van der Waals surface area contributed by atoms with Crippen LogP contribution in [0.3, 0.4) is 0 Å². The van der Waals surface area contributed by atoms with E-state index in [1.54, 1.807) is 55.6 Å². The zero-order valence-corrected chi connectivity index (χ0v) is 13.9. The van der Waals surface area contributed by atoms with Crippen LogP contribution in [0.1, 0.15) is 15.9 Å². The summed E-state index contributed by atoms with van der Waals surface area (Å²) in [6.45, 7) is 0. The average Bonchev–Trinajstić information content (AvgIpc) is 2.66. The van der Waals surface area contributed by atoms with E-state index in [0.717, 1.165) is 0 Å². The number of benzene rings is 2. The Morgan fingerprint density at radius 3 is 2.40 bits per heavy atom. The molecule has 0 atom stereocenters. The van der Waals surface area contributed by atoms with Gasteiger partial charge in [0.15, 0.2) is 0 Å². The van der Waals surface area contributed by atoms with Crippen molar-refractivity contribution in [2.24, 2.45) is 0 Å². The fraction of sp³-hybridized carbons (Fsp3) is 0.105. The normalized spacial score (nSPS) is 10.5. The lowest BCUT2D eigenvalue weighted by atomic mass is 10.1. The van der Waals surface area contributed by atoms with Crippen molar-refractivity contribution in [3.63, 3.8) is 0 Å². The van der Waals surface area contributed by atoms with Gasteiger partial charge in [-0.05, 0) is 35.9 Å². The predicted molar refractivity (Wildman–Crippen MR) is 95.0 cm³/mol. The van der Waals surface area contributed by atoms with Gasteiger partial charge in [0.1, 0.15) is 17.4 Å². The van der Waals surface area contributed by atoms with Gasteiger partial charge in [-0.1, -0.05) is 24.3 Å². The van der Waals surface area contributed by atoms with Crippen molar-refractivity contribution < 1.29 is 14.3 Å². The number of para-hydroxylation sites is 2. The Bertz CT molecular complexity index is 849. The summed E-state index contributed by atoms with van der Waals surface area (Å²) in [6.07, 6.45) is 1.46. The van der Waals surface area contributed by atoms with Crippen LogP contribution >= 0.6 is 0 Å². The van der Waals surface area contributed by atoms with Gasteiger partial charge in [-0.3, -0.25) is 9.59 Å². The number of anilines is 1. The molecule has 6 heteroatoms. The highest BCUT2D eigenvalue weighted by Gasteiger charge is 2.12. The van der Waals surface area contributed by atoms with E-state index in [-0.39, 0.29) is 11.5 Å². The fourth-order valence-electron chi connectivity index (χ4n) is 2.13. The van der Waals surface area contributed by atoms with Gasteiger partial charge in [0, 0.05) is 12.6 Å². The minimum absolute atomic E-state index is 0.0569. The van der Waals surface area contributed by atoms with E-state index >= 15 is 0 Å². The van der Waals surface area contributed by atoms with Crippen LogP contribution in [0.4, 0.5) is 5.69 Å². The molecule has 0 saturated heterocycles. The summed E-state index contributed by atoms with van der Waals surface area (Å²) in [5, 5.41) is 14.4. The van der Waals surface area contributed by atoms with E-state index < -0.39 is 5.91 Å². The minimum atomic E-state index is -0.539. The number of methoxy groups -OCH3 is 1. The van der Waals surface area contributed by atoms with Crippen molar-refractivity contribution in [3.8, 4) is 11.8 Å². The summed E-state index contributed by atoms with van der Waals surface area (Å²) in [5.74, 6) is -0.240. The first-order valence-electron chi connectivity index (χ1n) is 7.47. The number of hydrogen-bond donors (Lipinski definition) is 2. The molecular formula is C19H17N3O3. The zero-order chi connectivity index (χ0) is 18.2. The zero-order valence-electron chi connectivity index (χ0n) is 13.9. The number of carbonyl (C=O) groups excluding carboxylic acids is 2. The van der Waals surface area contributed by atoms with Crippen molar-refractivity contribution in [2.75, 3.05) is 19.5 Å². The second-order valence-corrected chi connectivity index (χ2v) is 5.03. The smallest absolute Gasteiger partial charge is 0.266 e. The Labute approximate surface area is 145 Å². The molecule has 6 nitrogen and oxygen atoms in total. The first kappa shape index (κ1) is 17.8. The molecule has 0 spiro atoms. The second-order valence-electron chi connectivity index (χ2n) is 5.03. The van der Waals surface area contributed by atoms with Gasteiger partial charge in [-0.2, -0.15) is 5.26 Å². The number of amides is 2. The van der Waals surface area contributed by atoms with E-state index in [1.165, 1.54) is 13.2 Å². The molecule has 2 N–H and O–H groups in total. The van der Waals surface area contributed by atoms with Crippen LogP contribution in [0.5, 0.6) is 5.75 Å². The monoisotopic (exact) mass is 335 g/mol. The molecule has 0 saturated carbocycles. The van der Waals surface area contributed by atoms with Gasteiger partial charge >= 0.3 is 0 Å². The van der Waals surface area contributed by atoms with Crippen LogP contribution in [0, 0.1) is 11.3 Å². The molecule has 126 valence electrons. The molecular weight excluding hydrogens is 318 g/mol. The molecule has 0 aliphatic rings. The molecule has 2 aromatic carbocycles. The molecule has 0 aliphatic heterocycles. The van der Waals surface area contributed by atoms with Crippen molar-refractivity contribution in [3.05, 3.63) is 65.2 Å². The van der Waals surface area contributed by atoms with Crippen LogP contribution in [0.25, 0.3) is 6.08 Å². The molecule has 0 unspecified atom stereocenters. The third-order valence-electron chi connectivity index (χ3n) is 3.43. The third kappa shape index (κ3) is 4.45. The summed E-state index contributed by atoms with van der Waals surface area (Å²) in [5.41, 5.74) is 1.56. The maximum absolute atomic E-state index is 12.3. The fourth-order valence-corrected chi connectivity index (χ4v) is 2.13. The van der Waals surface area contributed by atoms with Gasteiger partial charge in [-0.15, -0.1) is 0 Å². The van der Waals surface area contributed by atoms with E-state index in [9.17, 15) is 14.9 Å².